The zero-order valence-corrected chi connectivity index (χ0v) is 9.73. The monoisotopic (exact) mass is 219 g/mol. The van der Waals surface area contributed by atoms with Crippen molar-refractivity contribution in [1.82, 2.24) is 9.88 Å². The fourth-order valence-electron chi connectivity index (χ4n) is 2.23. The first-order valence-electron chi connectivity index (χ1n) is 5.50. The molecule has 1 heterocycles. The molecule has 0 aliphatic heterocycles. The van der Waals surface area contributed by atoms with E-state index in [4.69, 9.17) is 5.73 Å². The second-order valence-corrected chi connectivity index (χ2v) is 4.61. The molecule has 1 aliphatic carbocycles. The number of amides is 1. The van der Waals surface area contributed by atoms with Crippen LogP contribution in [-0.2, 0) is 10.2 Å². The van der Waals surface area contributed by atoms with Crippen LogP contribution >= 0.6 is 0 Å². The Morgan fingerprint density at radius 3 is 2.50 bits per heavy atom. The first-order valence-corrected chi connectivity index (χ1v) is 5.50. The average molecular weight is 219 g/mol. The van der Waals surface area contributed by atoms with E-state index in [1.165, 1.54) is 0 Å². The predicted molar refractivity (Wildman–Crippen MR) is 62.9 cm³/mol. The SMILES string of the molecule is CN(C)C(=O)C1(c2ccc(N)cn2)CCC1. The molecule has 0 aromatic carbocycles. The number of hydrogen-bond donors (Lipinski definition) is 1. The van der Waals surface area contributed by atoms with Gasteiger partial charge in [0, 0.05) is 14.1 Å². The Bertz CT molecular complexity index is 393. The van der Waals surface area contributed by atoms with Crippen LogP contribution < -0.4 is 5.73 Å². The predicted octanol–water partition coefficient (Wildman–Crippen LogP) is 1.17. The number of nitrogens with two attached hydrogens (primary N) is 1. The highest BCUT2D eigenvalue weighted by molar-refractivity contribution is 5.88. The van der Waals surface area contributed by atoms with Gasteiger partial charge in [0.2, 0.25) is 5.91 Å². The number of nitrogens with zero attached hydrogens (tertiary/aromatic N) is 2. The minimum absolute atomic E-state index is 0.149. The molecule has 0 spiro atoms. The van der Waals surface area contributed by atoms with Gasteiger partial charge in [0.25, 0.3) is 0 Å². The molecule has 2 rings (SSSR count). The molecule has 1 fully saturated rings. The molecule has 1 aromatic rings. The number of carbonyl (C=O) groups is 1. The van der Waals surface area contributed by atoms with Gasteiger partial charge in [0.15, 0.2) is 0 Å². The smallest absolute Gasteiger partial charge is 0.234 e. The van der Waals surface area contributed by atoms with E-state index in [-0.39, 0.29) is 5.91 Å². The Morgan fingerprint density at radius 1 is 1.44 bits per heavy atom. The molecule has 1 saturated carbocycles. The minimum atomic E-state index is -0.392. The molecule has 0 unspecified atom stereocenters. The number of aromatic nitrogens is 1. The van der Waals surface area contributed by atoms with Gasteiger partial charge in [0.05, 0.1) is 23.0 Å². The number of rotatable bonds is 2. The highest BCUT2D eigenvalue weighted by Gasteiger charge is 2.47. The van der Waals surface area contributed by atoms with Gasteiger partial charge in [-0.15, -0.1) is 0 Å². The number of likely N-dealkylation sites (N-methyl/N-ethyl adjacent to an activating group) is 1. The molecule has 16 heavy (non-hydrogen) atoms. The third-order valence-corrected chi connectivity index (χ3v) is 3.30. The Kier molecular flexibility index (Phi) is 2.58. The number of pyridine rings is 1. The van der Waals surface area contributed by atoms with E-state index in [0.717, 1.165) is 25.0 Å². The van der Waals surface area contributed by atoms with Crippen molar-refractivity contribution in [3.8, 4) is 0 Å². The van der Waals surface area contributed by atoms with Crippen molar-refractivity contribution in [3.63, 3.8) is 0 Å². The van der Waals surface area contributed by atoms with Crippen molar-refractivity contribution < 1.29 is 4.79 Å². The maximum Gasteiger partial charge on any atom is 0.234 e. The van der Waals surface area contributed by atoms with Crippen molar-refractivity contribution in [2.24, 2.45) is 0 Å². The zero-order valence-electron chi connectivity index (χ0n) is 9.73. The lowest BCUT2D eigenvalue weighted by molar-refractivity contribution is -0.138. The van der Waals surface area contributed by atoms with Gasteiger partial charge in [-0.1, -0.05) is 6.42 Å². The van der Waals surface area contributed by atoms with Gasteiger partial charge < -0.3 is 10.6 Å². The zero-order chi connectivity index (χ0) is 11.8. The van der Waals surface area contributed by atoms with Crippen molar-refractivity contribution in [3.05, 3.63) is 24.0 Å². The van der Waals surface area contributed by atoms with Gasteiger partial charge in [0.1, 0.15) is 0 Å². The summed E-state index contributed by atoms with van der Waals surface area (Å²) in [5.74, 6) is 0.149. The molecular formula is C12H17N3O. The molecule has 2 N–H and O–H groups in total. The van der Waals surface area contributed by atoms with Crippen LogP contribution in [0.3, 0.4) is 0 Å². The van der Waals surface area contributed by atoms with Crippen molar-refractivity contribution in [1.29, 1.82) is 0 Å². The number of anilines is 1. The molecular weight excluding hydrogens is 202 g/mol. The topological polar surface area (TPSA) is 59.2 Å². The minimum Gasteiger partial charge on any atom is -0.397 e. The highest BCUT2D eigenvalue weighted by atomic mass is 16.2. The lowest BCUT2D eigenvalue weighted by Crippen LogP contribution is -2.49. The van der Waals surface area contributed by atoms with Gasteiger partial charge in [-0.3, -0.25) is 9.78 Å². The van der Waals surface area contributed by atoms with Crippen LogP contribution in [0.1, 0.15) is 25.0 Å². The van der Waals surface area contributed by atoms with Crippen LogP contribution in [0.2, 0.25) is 0 Å². The van der Waals surface area contributed by atoms with Crippen molar-refractivity contribution >= 4 is 11.6 Å². The molecule has 4 nitrogen and oxygen atoms in total. The van der Waals surface area contributed by atoms with E-state index in [9.17, 15) is 4.79 Å². The van der Waals surface area contributed by atoms with Crippen molar-refractivity contribution in [2.45, 2.75) is 24.7 Å². The lowest BCUT2D eigenvalue weighted by Gasteiger charge is -2.41. The maximum atomic E-state index is 12.2. The van der Waals surface area contributed by atoms with E-state index in [1.54, 1.807) is 25.2 Å². The summed E-state index contributed by atoms with van der Waals surface area (Å²) >= 11 is 0. The molecule has 0 radical (unpaired) electrons. The standard InChI is InChI=1S/C12H17N3O/c1-15(2)11(16)12(6-3-7-12)10-5-4-9(13)8-14-10/h4-5,8H,3,6-7,13H2,1-2H3. The second kappa shape index (κ2) is 3.77. The first-order chi connectivity index (χ1) is 7.56. The molecule has 1 aliphatic rings. The van der Waals surface area contributed by atoms with Crippen LogP contribution in [-0.4, -0.2) is 29.9 Å². The summed E-state index contributed by atoms with van der Waals surface area (Å²) in [4.78, 5) is 18.1. The average Bonchev–Trinajstić information content (AvgIpc) is 2.19. The summed E-state index contributed by atoms with van der Waals surface area (Å²) < 4.78 is 0. The van der Waals surface area contributed by atoms with E-state index >= 15 is 0 Å². The molecule has 0 saturated heterocycles. The van der Waals surface area contributed by atoms with Crippen molar-refractivity contribution in [2.75, 3.05) is 19.8 Å². The molecule has 0 bridgehead atoms. The van der Waals surface area contributed by atoms with Crippen LogP contribution in [0.4, 0.5) is 5.69 Å². The van der Waals surface area contributed by atoms with E-state index in [1.807, 2.05) is 12.1 Å². The quantitative estimate of drug-likeness (QED) is 0.812. The summed E-state index contributed by atoms with van der Waals surface area (Å²) in [6.45, 7) is 0. The summed E-state index contributed by atoms with van der Waals surface area (Å²) in [6.07, 6.45) is 4.49. The molecule has 1 aromatic heterocycles. The van der Waals surface area contributed by atoms with Crippen LogP contribution in [0.25, 0.3) is 0 Å². The Labute approximate surface area is 95.5 Å². The summed E-state index contributed by atoms with van der Waals surface area (Å²) in [6, 6.07) is 3.68. The Balaban J connectivity index is 2.35. The fourth-order valence-corrected chi connectivity index (χ4v) is 2.23. The number of nitrogen functional groups attached to an aromatic ring is 1. The molecule has 0 atom stereocenters. The van der Waals surface area contributed by atoms with Gasteiger partial charge in [-0.05, 0) is 25.0 Å². The van der Waals surface area contributed by atoms with Crippen LogP contribution in [0.5, 0.6) is 0 Å². The fraction of sp³-hybridized carbons (Fsp3) is 0.500. The van der Waals surface area contributed by atoms with Crippen LogP contribution in [0.15, 0.2) is 18.3 Å². The Hall–Kier alpha value is -1.58. The summed E-state index contributed by atoms with van der Waals surface area (Å²) in [5.41, 5.74) is 6.70. The lowest BCUT2D eigenvalue weighted by atomic mass is 9.65. The third kappa shape index (κ3) is 1.54. The largest absolute Gasteiger partial charge is 0.397 e. The summed E-state index contributed by atoms with van der Waals surface area (Å²) in [5, 5.41) is 0. The van der Waals surface area contributed by atoms with E-state index in [0.29, 0.717) is 5.69 Å². The molecule has 4 heteroatoms. The van der Waals surface area contributed by atoms with Gasteiger partial charge in [-0.2, -0.15) is 0 Å². The number of carbonyl (C=O) groups excluding carboxylic acids is 1. The maximum absolute atomic E-state index is 12.2. The summed E-state index contributed by atoms with van der Waals surface area (Å²) in [7, 11) is 3.58. The van der Waals surface area contributed by atoms with E-state index in [2.05, 4.69) is 4.98 Å². The van der Waals surface area contributed by atoms with Crippen LogP contribution in [0, 0.1) is 0 Å². The van der Waals surface area contributed by atoms with Gasteiger partial charge in [-0.25, -0.2) is 0 Å². The number of hydrogen-bond acceptors (Lipinski definition) is 3. The molecule has 1 amide bonds. The normalized spacial score (nSPS) is 17.6. The molecule has 86 valence electrons. The third-order valence-electron chi connectivity index (χ3n) is 3.30. The first kappa shape index (κ1) is 10.9. The van der Waals surface area contributed by atoms with E-state index < -0.39 is 5.41 Å². The highest BCUT2D eigenvalue weighted by Crippen LogP contribution is 2.44. The second-order valence-electron chi connectivity index (χ2n) is 4.61. The Morgan fingerprint density at radius 2 is 2.12 bits per heavy atom. The van der Waals surface area contributed by atoms with Gasteiger partial charge >= 0.3 is 0 Å².